The van der Waals surface area contributed by atoms with Crippen molar-refractivity contribution in [1.82, 2.24) is 4.98 Å². The van der Waals surface area contributed by atoms with Gasteiger partial charge >= 0.3 is 0 Å². The molecule has 0 aliphatic rings. The standard InChI is InChI=1S/C17H16N2O/c1-11-6-12(2)15(13(3)7-11)8-17(20)16-5-4-14(9-18)10-19-16/h4-7,10H,8H2,1-3H3. The maximum absolute atomic E-state index is 12.3. The molecule has 0 unspecified atom stereocenters. The highest BCUT2D eigenvalue weighted by Gasteiger charge is 2.12. The highest BCUT2D eigenvalue weighted by molar-refractivity contribution is 5.96. The van der Waals surface area contributed by atoms with Gasteiger partial charge < -0.3 is 0 Å². The zero-order valence-electron chi connectivity index (χ0n) is 11.9. The second kappa shape index (κ2) is 5.66. The average Bonchev–Trinajstić information content (AvgIpc) is 2.42. The quantitative estimate of drug-likeness (QED) is 0.799. The first-order chi connectivity index (χ1) is 9.51. The highest BCUT2D eigenvalue weighted by atomic mass is 16.1. The van der Waals surface area contributed by atoms with E-state index in [0.717, 1.165) is 16.7 Å². The lowest BCUT2D eigenvalue weighted by atomic mass is 9.95. The molecule has 20 heavy (non-hydrogen) atoms. The normalized spacial score (nSPS) is 10.1. The summed E-state index contributed by atoms with van der Waals surface area (Å²) in [6.45, 7) is 6.09. The summed E-state index contributed by atoms with van der Waals surface area (Å²) < 4.78 is 0. The third kappa shape index (κ3) is 2.92. The molecule has 0 N–H and O–H groups in total. The van der Waals surface area contributed by atoms with Crippen LogP contribution in [0.25, 0.3) is 0 Å². The molecule has 0 fully saturated rings. The molecule has 2 rings (SSSR count). The SMILES string of the molecule is Cc1cc(C)c(CC(=O)c2ccc(C#N)cn2)c(C)c1. The summed E-state index contributed by atoms with van der Waals surface area (Å²) in [5.41, 5.74) is 5.39. The third-order valence-corrected chi connectivity index (χ3v) is 3.36. The molecule has 0 aliphatic carbocycles. The molecule has 0 saturated carbocycles. The van der Waals surface area contributed by atoms with E-state index in [1.807, 2.05) is 26.8 Å². The number of aryl methyl sites for hydroxylation is 3. The van der Waals surface area contributed by atoms with Gasteiger partial charge in [0.15, 0.2) is 5.78 Å². The maximum atomic E-state index is 12.3. The summed E-state index contributed by atoms with van der Waals surface area (Å²) in [7, 11) is 0. The Labute approximate surface area is 118 Å². The molecule has 0 spiro atoms. The van der Waals surface area contributed by atoms with Crippen LogP contribution in [0, 0.1) is 32.1 Å². The van der Waals surface area contributed by atoms with Crippen LogP contribution >= 0.6 is 0 Å². The smallest absolute Gasteiger partial charge is 0.185 e. The van der Waals surface area contributed by atoms with Crippen molar-refractivity contribution in [1.29, 1.82) is 5.26 Å². The predicted octanol–water partition coefficient (Wildman–Crippen LogP) is 3.30. The molecule has 100 valence electrons. The first-order valence-electron chi connectivity index (χ1n) is 6.47. The zero-order chi connectivity index (χ0) is 14.7. The zero-order valence-corrected chi connectivity index (χ0v) is 11.9. The largest absolute Gasteiger partial charge is 0.292 e. The Hall–Kier alpha value is -2.47. The van der Waals surface area contributed by atoms with Gasteiger partial charge in [0, 0.05) is 12.6 Å². The van der Waals surface area contributed by atoms with E-state index in [4.69, 9.17) is 5.26 Å². The number of carbonyl (C=O) groups excluding carboxylic acids is 1. The minimum Gasteiger partial charge on any atom is -0.292 e. The molecular formula is C17H16N2O. The number of pyridine rings is 1. The van der Waals surface area contributed by atoms with Crippen LogP contribution < -0.4 is 0 Å². The number of nitrogens with zero attached hydrogens (tertiary/aromatic N) is 2. The van der Waals surface area contributed by atoms with Crippen LogP contribution in [0.2, 0.25) is 0 Å². The van der Waals surface area contributed by atoms with Crippen molar-refractivity contribution in [2.75, 3.05) is 0 Å². The summed E-state index contributed by atoms with van der Waals surface area (Å²) in [6.07, 6.45) is 1.78. The molecule has 0 radical (unpaired) electrons. The van der Waals surface area contributed by atoms with Gasteiger partial charge in [-0.1, -0.05) is 17.7 Å². The highest BCUT2D eigenvalue weighted by Crippen LogP contribution is 2.18. The van der Waals surface area contributed by atoms with Crippen LogP contribution in [0.5, 0.6) is 0 Å². The summed E-state index contributed by atoms with van der Waals surface area (Å²) in [6, 6.07) is 9.39. The molecule has 0 bridgehead atoms. The number of Topliss-reactive ketones (excluding diaryl/α,β-unsaturated/α-hetero) is 1. The van der Waals surface area contributed by atoms with Crippen LogP contribution in [-0.2, 0) is 6.42 Å². The lowest BCUT2D eigenvalue weighted by Crippen LogP contribution is -2.08. The van der Waals surface area contributed by atoms with Crippen molar-refractivity contribution in [3.05, 3.63) is 64.0 Å². The van der Waals surface area contributed by atoms with E-state index in [1.165, 1.54) is 11.8 Å². The van der Waals surface area contributed by atoms with Crippen molar-refractivity contribution in [3.63, 3.8) is 0 Å². The van der Waals surface area contributed by atoms with Gasteiger partial charge in [0.05, 0.1) is 5.56 Å². The molecule has 2 aromatic rings. The van der Waals surface area contributed by atoms with Gasteiger partial charge in [0.1, 0.15) is 11.8 Å². The fourth-order valence-electron chi connectivity index (χ4n) is 2.36. The van der Waals surface area contributed by atoms with E-state index in [2.05, 4.69) is 17.1 Å². The number of ketones is 1. The van der Waals surface area contributed by atoms with Crippen molar-refractivity contribution in [2.24, 2.45) is 0 Å². The van der Waals surface area contributed by atoms with Crippen LogP contribution in [0.15, 0.2) is 30.5 Å². The second-order valence-electron chi connectivity index (χ2n) is 5.02. The molecule has 0 aliphatic heterocycles. The number of hydrogen-bond acceptors (Lipinski definition) is 3. The van der Waals surface area contributed by atoms with Gasteiger partial charge in [-0.3, -0.25) is 9.78 Å². The van der Waals surface area contributed by atoms with E-state index in [0.29, 0.717) is 17.7 Å². The Morgan fingerprint density at radius 2 is 1.85 bits per heavy atom. The van der Waals surface area contributed by atoms with E-state index in [9.17, 15) is 4.79 Å². The Kier molecular flexibility index (Phi) is 3.95. The molecule has 0 amide bonds. The van der Waals surface area contributed by atoms with Crippen molar-refractivity contribution >= 4 is 5.78 Å². The molecule has 1 aromatic carbocycles. The van der Waals surface area contributed by atoms with Gasteiger partial charge in [0.2, 0.25) is 0 Å². The first kappa shape index (κ1) is 14.0. The van der Waals surface area contributed by atoms with Crippen LogP contribution in [0.3, 0.4) is 0 Å². The molecule has 3 nitrogen and oxygen atoms in total. The number of nitriles is 1. The lowest BCUT2D eigenvalue weighted by Gasteiger charge is -2.10. The minimum absolute atomic E-state index is 0.0236. The van der Waals surface area contributed by atoms with E-state index < -0.39 is 0 Å². The Morgan fingerprint density at radius 3 is 2.35 bits per heavy atom. The third-order valence-electron chi connectivity index (χ3n) is 3.36. The van der Waals surface area contributed by atoms with Gasteiger partial charge in [-0.05, 0) is 49.6 Å². The monoisotopic (exact) mass is 264 g/mol. The molecular weight excluding hydrogens is 248 g/mol. The fourth-order valence-corrected chi connectivity index (χ4v) is 2.36. The average molecular weight is 264 g/mol. The van der Waals surface area contributed by atoms with Crippen molar-refractivity contribution < 1.29 is 4.79 Å². The Bertz CT molecular complexity index is 671. The molecule has 3 heteroatoms. The van der Waals surface area contributed by atoms with Crippen LogP contribution in [0.1, 0.15) is 38.3 Å². The van der Waals surface area contributed by atoms with Gasteiger partial charge in [0.25, 0.3) is 0 Å². The Morgan fingerprint density at radius 1 is 1.20 bits per heavy atom. The molecule has 1 aromatic heterocycles. The summed E-state index contributed by atoms with van der Waals surface area (Å²) in [5.74, 6) is -0.0236. The second-order valence-corrected chi connectivity index (χ2v) is 5.02. The van der Waals surface area contributed by atoms with Gasteiger partial charge in [-0.25, -0.2) is 0 Å². The number of carbonyl (C=O) groups is 1. The number of hydrogen-bond donors (Lipinski definition) is 0. The molecule has 1 heterocycles. The number of benzene rings is 1. The van der Waals surface area contributed by atoms with Crippen molar-refractivity contribution in [2.45, 2.75) is 27.2 Å². The lowest BCUT2D eigenvalue weighted by molar-refractivity contribution is 0.0988. The topological polar surface area (TPSA) is 53.8 Å². The Balaban J connectivity index is 2.26. The van der Waals surface area contributed by atoms with Crippen LogP contribution in [-0.4, -0.2) is 10.8 Å². The number of rotatable bonds is 3. The molecule has 0 saturated heterocycles. The predicted molar refractivity (Wildman–Crippen MR) is 77.6 cm³/mol. The fraction of sp³-hybridized carbons (Fsp3) is 0.235. The molecule has 0 atom stereocenters. The number of aromatic nitrogens is 1. The van der Waals surface area contributed by atoms with E-state index in [1.54, 1.807) is 12.1 Å². The summed E-state index contributed by atoms with van der Waals surface area (Å²) >= 11 is 0. The van der Waals surface area contributed by atoms with Crippen molar-refractivity contribution in [3.8, 4) is 6.07 Å². The maximum Gasteiger partial charge on any atom is 0.185 e. The minimum atomic E-state index is -0.0236. The van der Waals surface area contributed by atoms with Crippen LogP contribution in [0.4, 0.5) is 0 Å². The van der Waals surface area contributed by atoms with Gasteiger partial charge in [-0.2, -0.15) is 5.26 Å². The van der Waals surface area contributed by atoms with Gasteiger partial charge in [-0.15, -0.1) is 0 Å². The summed E-state index contributed by atoms with van der Waals surface area (Å²) in [4.78, 5) is 16.3. The summed E-state index contributed by atoms with van der Waals surface area (Å²) in [5, 5.41) is 8.73. The first-order valence-corrected chi connectivity index (χ1v) is 6.47. The van der Waals surface area contributed by atoms with E-state index >= 15 is 0 Å². The van der Waals surface area contributed by atoms with E-state index in [-0.39, 0.29) is 5.78 Å².